The molecular weight excluding hydrogens is 266 g/mol. The van der Waals surface area contributed by atoms with Crippen LogP contribution in [0.5, 0.6) is 0 Å². The fraction of sp³-hybridized carbons (Fsp3) is 0.538. The normalized spacial score (nSPS) is 20.8. The number of halogens is 1. The molecule has 88 valence electrons. The van der Waals surface area contributed by atoms with Crippen molar-refractivity contribution >= 4 is 21.6 Å². The minimum absolute atomic E-state index is 0.382. The Hall–Kier alpha value is -0.540. The highest BCUT2D eigenvalue weighted by Gasteiger charge is 2.13. The molecule has 1 saturated heterocycles. The second-order valence-electron chi connectivity index (χ2n) is 4.39. The summed E-state index contributed by atoms with van der Waals surface area (Å²) in [5.74, 6) is 0. The molecule has 16 heavy (non-hydrogen) atoms. The summed E-state index contributed by atoms with van der Waals surface area (Å²) in [6, 6.07) is 6.38. The van der Waals surface area contributed by atoms with Crippen LogP contribution in [0.2, 0.25) is 0 Å². The Bertz CT molecular complexity index is 328. The Morgan fingerprint density at radius 1 is 1.38 bits per heavy atom. The van der Waals surface area contributed by atoms with E-state index in [4.69, 9.17) is 4.74 Å². The Labute approximate surface area is 106 Å². The lowest BCUT2D eigenvalue weighted by atomic mass is 10.1. The van der Waals surface area contributed by atoms with Gasteiger partial charge in [0.25, 0.3) is 0 Å². The molecule has 2 rings (SSSR count). The summed E-state index contributed by atoms with van der Waals surface area (Å²) in [5.41, 5.74) is 2.43. The lowest BCUT2D eigenvalue weighted by Gasteiger charge is -2.23. The lowest BCUT2D eigenvalue weighted by molar-refractivity contribution is 0.0247. The van der Waals surface area contributed by atoms with Crippen LogP contribution in [-0.4, -0.2) is 19.3 Å². The first kappa shape index (κ1) is 11.9. The lowest BCUT2D eigenvalue weighted by Crippen LogP contribution is -2.26. The van der Waals surface area contributed by atoms with E-state index in [1.54, 1.807) is 0 Å². The van der Waals surface area contributed by atoms with Crippen LogP contribution in [-0.2, 0) is 4.74 Å². The minimum Gasteiger partial charge on any atom is -0.382 e. The van der Waals surface area contributed by atoms with Gasteiger partial charge in [-0.3, -0.25) is 0 Å². The van der Waals surface area contributed by atoms with Crippen LogP contribution in [0.1, 0.15) is 24.8 Å². The first-order valence-electron chi connectivity index (χ1n) is 5.87. The molecule has 0 saturated carbocycles. The summed E-state index contributed by atoms with van der Waals surface area (Å²) < 4.78 is 6.81. The van der Waals surface area contributed by atoms with E-state index >= 15 is 0 Å². The zero-order valence-electron chi connectivity index (χ0n) is 9.63. The smallest absolute Gasteiger partial charge is 0.0747 e. The largest absolute Gasteiger partial charge is 0.382 e. The highest BCUT2D eigenvalue weighted by molar-refractivity contribution is 9.10. The van der Waals surface area contributed by atoms with E-state index in [0.717, 1.165) is 17.6 Å². The average molecular weight is 284 g/mol. The van der Waals surface area contributed by atoms with Gasteiger partial charge in [0.05, 0.1) is 6.10 Å². The zero-order valence-corrected chi connectivity index (χ0v) is 11.2. The quantitative estimate of drug-likeness (QED) is 0.913. The standard InChI is InChI=1S/C13H18BrNO/c1-10-6-11(14)8-12(7-10)15-9-13-4-2-3-5-16-13/h6-8,13,15H,2-5,9H2,1H3. The topological polar surface area (TPSA) is 21.3 Å². The van der Waals surface area contributed by atoms with Crippen molar-refractivity contribution in [3.63, 3.8) is 0 Å². The van der Waals surface area contributed by atoms with Gasteiger partial charge >= 0.3 is 0 Å². The van der Waals surface area contributed by atoms with Crippen molar-refractivity contribution in [1.82, 2.24) is 0 Å². The number of benzene rings is 1. The molecule has 1 heterocycles. The van der Waals surface area contributed by atoms with E-state index < -0.39 is 0 Å². The molecule has 0 aromatic heterocycles. The molecule has 1 aliphatic heterocycles. The predicted octanol–water partition coefficient (Wildman–Crippen LogP) is 3.74. The second-order valence-corrected chi connectivity index (χ2v) is 5.30. The number of anilines is 1. The molecule has 0 spiro atoms. The van der Waals surface area contributed by atoms with Gasteiger partial charge < -0.3 is 10.1 Å². The molecule has 1 unspecified atom stereocenters. The molecule has 1 aromatic carbocycles. The fourth-order valence-corrected chi connectivity index (χ4v) is 2.65. The van der Waals surface area contributed by atoms with Crippen LogP contribution < -0.4 is 5.32 Å². The number of aryl methyl sites for hydroxylation is 1. The van der Waals surface area contributed by atoms with Gasteiger partial charge in [-0.25, -0.2) is 0 Å². The van der Waals surface area contributed by atoms with Crippen molar-refractivity contribution in [3.8, 4) is 0 Å². The monoisotopic (exact) mass is 283 g/mol. The molecule has 1 aliphatic rings. The number of hydrogen-bond acceptors (Lipinski definition) is 2. The number of ether oxygens (including phenoxy) is 1. The van der Waals surface area contributed by atoms with Crippen molar-refractivity contribution in [2.24, 2.45) is 0 Å². The molecule has 0 amide bonds. The van der Waals surface area contributed by atoms with E-state index in [-0.39, 0.29) is 0 Å². The first-order valence-corrected chi connectivity index (χ1v) is 6.66. The Morgan fingerprint density at radius 2 is 2.25 bits per heavy atom. The molecule has 2 nitrogen and oxygen atoms in total. The summed E-state index contributed by atoms with van der Waals surface area (Å²) in [6.07, 6.45) is 4.07. The Balaban J connectivity index is 1.88. The molecule has 1 fully saturated rings. The fourth-order valence-electron chi connectivity index (χ4n) is 2.04. The number of hydrogen-bond donors (Lipinski definition) is 1. The van der Waals surface area contributed by atoms with Crippen LogP contribution in [0, 0.1) is 6.92 Å². The van der Waals surface area contributed by atoms with E-state index in [2.05, 4.69) is 46.4 Å². The molecule has 0 aliphatic carbocycles. The third-order valence-electron chi connectivity index (χ3n) is 2.85. The van der Waals surface area contributed by atoms with Crippen LogP contribution in [0.4, 0.5) is 5.69 Å². The molecule has 0 radical (unpaired) electrons. The first-order chi connectivity index (χ1) is 7.74. The molecule has 1 atom stereocenters. The maximum atomic E-state index is 5.69. The molecule has 0 bridgehead atoms. The van der Waals surface area contributed by atoms with Gasteiger partial charge in [-0.1, -0.05) is 15.9 Å². The van der Waals surface area contributed by atoms with Crippen molar-refractivity contribution in [1.29, 1.82) is 0 Å². The summed E-state index contributed by atoms with van der Waals surface area (Å²) in [6.45, 7) is 3.94. The summed E-state index contributed by atoms with van der Waals surface area (Å²) >= 11 is 3.51. The predicted molar refractivity (Wildman–Crippen MR) is 71.0 cm³/mol. The van der Waals surface area contributed by atoms with Gasteiger partial charge in [0.1, 0.15) is 0 Å². The third-order valence-corrected chi connectivity index (χ3v) is 3.31. The molecule has 1 aromatic rings. The maximum absolute atomic E-state index is 5.69. The minimum atomic E-state index is 0.382. The van der Waals surface area contributed by atoms with E-state index in [9.17, 15) is 0 Å². The Morgan fingerprint density at radius 3 is 2.94 bits per heavy atom. The van der Waals surface area contributed by atoms with Gasteiger partial charge in [-0.15, -0.1) is 0 Å². The van der Waals surface area contributed by atoms with Gasteiger partial charge in [-0.2, -0.15) is 0 Å². The number of nitrogens with one attached hydrogen (secondary N) is 1. The number of rotatable bonds is 3. The van der Waals surface area contributed by atoms with Crippen molar-refractivity contribution in [2.45, 2.75) is 32.3 Å². The van der Waals surface area contributed by atoms with Crippen LogP contribution in [0.25, 0.3) is 0 Å². The van der Waals surface area contributed by atoms with Crippen molar-refractivity contribution in [3.05, 3.63) is 28.2 Å². The van der Waals surface area contributed by atoms with E-state index in [0.29, 0.717) is 6.10 Å². The van der Waals surface area contributed by atoms with Crippen molar-refractivity contribution in [2.75, 3.05) is 18.5 Å². The highest BCUT2D eigenvalue weighted by Crippen LogP contribution is 2.20. The molecular formula is C13H18BrNO. The average Bonchev–Trinajstić information content (AvgIpc) is 2.27. The summed E-state index contributed by atoms with van der Waals surface area (Å²) in [5, 5.41) is 3.44. The van der Waals surface area contributed by atoms with Crippen LogP contribution >= 0.6 is 15.9 Å². The van der Waals surface area contributed by atoms with Gasteiger partial charge in [0.2, 0.25) is 0 Å². The maximum Gasteiger partial charge on any atom is 0.0747 e. The second kappa shape index (κ2) is 5.69. The van der Waals surface area contributed by atoms with Gasteiger partial charge in [0, 0.05) is 23.3 Å². The van der Waals surface area contributed by atoms with E-state index in [1.165, 1.54) is 30.5 Å². The van der Waals surface area contributed by atoms with E-state index in [1.807, 2.05) is 0 Å². The summed E-state index contributed by atoms with van der Waals surface area (Å²) in [7, 11) is 0. The molecule has 1 N–H and O–H groups in total. The van der Waals surface area contributed by atoms with Crippen molar-refractivity contribution < 1.29 is 4.74 Å². The zero-order chi connectivity index (χ0) is 11.4. The molecule has 3 heteroatoms. The van der Waals surface area contributed by atoms with Crippen LogP contribution in [0.15, 0.2) is 22.7 Å². The van der Waals surface area contributed by atoms with Gasteiger partial charge in [-0.05, 0) is 49.9 Å². The highest BCUT2D eigenvalue weighted by atomic mass is 79.9. The third kappa shape index (κ3) is 3.49. The van der Waals surface area contributed by atoms with Gasteiger partial charge in [0.15, 0.2) is 0 Å². The van der Waals surface area contributed by atoms with Crippen LogP contribution in [0.3, 0.4) is 0 Å². The summed E-state index contributed by atoms with van der Waals surface area (Å²) in [4.78, 5) is 0. The Kier molecular flexibility index (Phi) is 4.24. The SMILES string of the molecule is Cc1cc(Br)cc(NCC2CCCCO2)c1.